The van der Waals surface area contributed by atoms with Crippen LogP contribution in [0.4, 0.5) is 5.13 Å². The van der Waals surface area contributed by atoms with Gasteiger partial charge in [-0.15, -0.1) is 10.2 Å². The molecule has 1 N–H and O–H groups in total. The van der Waals surface area contributed by atoms with Crippen molar-refractivity contribution >= 4 is 28.5 Å². The van der Waals surface area contributed by atoms with Crippen LogP contribution in [0.5, 0.6) is 0 Å². The van der Waals surface area contributed by atoms with Gasteiger partial charge >= 0.3 is 0 Å². The third kappa shape index (κ3) is 5.01. The molecule has 0 spiro atoms. The van der Waals surface area contributed by atoms with E-state index in [0.717, 1.165) is 22.6 Å². The summed E-state index contributed by atoms with van der Waals surface area (Å²) >= 11 is 1.33. The van der Waals surface area contributed by atoms with Gasteiger partial charge in [-0.05, 0) is 24.5 Å². The Balaban J connectivity index is 2.10. The van der Waals surface area contributed by atoms with Crippen molar-refractivity contribution in [1.29, 1.82) is 5.26 Å². The fourth-order valence-electron chi connectivity index (χ4n) is 1.88. The van der Waals surface area contributed by atoms with Crippen LogP contribution in [0.15, 0.2) is 29.8 Å². The highest BCUT2D eigenvalue weighted by Gasteiger charge is 2.13. The molecule has 118 valence electrons. The van der Waals surface area contributed by atoms with E-state index >= 15 is 0 Å². The predicted octanol–water partition coefficient (Wildman–Crippen LogP) is 3.59. The Labute approximate surface area is 139 Å². The van der Waals surface area contributed by atoms with Gasteiger partial charge in [0.1, 0.15) is 16.6 Å². The first-order valence-electron chi connectivity index (χ1n) is 7.30. The van der Waals surface area contributed by atoms with E-state index in [9.17, 15) is 10.1 Å². The molecule has 1 heterocycles. The quantitative estimate of drug-likeness (QED) is 0.672. The number of nitriles is 1. The zero-order chi connectivity index (χ0) is 16.8. The van der Waals surface area contributed by atoms with Gasteiger partial charge in [0.05, 0.1) is 0 Å². The van der Waals surface area contributed by atoms with Gasteiger partial charge < -0.3 is 0 Å². The summed E-state index contributed by atoms with van der Waals surface area (Å²) in [5, 5.41) is 21.1. The van der Waals surface area contributed by atoms with Crippen molar-refractivity contribution in [2.75, 3.05) is 5.32 Å². The van der Waals surface area contributed by atoms with Gasteiger partial charge in [0.2, 0.25) is 5.13 Å². The number of aromatic nitrogens is 2. The lowest BCUT2D eigenvalue weighted by Crippen LogP contribution is -2.13. The number of anilines is 1. The van der Waals surface area contributed by atoms with Crippen molar-refractivity contribution in [3.8, 4) is 6.07 Å². The Morgan fingerprint density at radius 2 is 2.04 bits per heavy atom. The molecule has 1 aromatic carbocycles. The van der Waals surface area contributed by atoms with E-state index in [4.69, 9.17) is 0 Å². The number of amides is 1. The largest absolute Gasteiger partial charge is 0.296 e. The summed E-state index contributed by atoms with van der Waals surface area (Å²) < 4.78 is 0. The second-order valence-electron chi connectivity index (χ2n) is 5.63. The lowest BCUT2D eigenvalue weighted by Gasteiger charge is -2.00. The first kappa shape index (κ1) is 16.8. The van der Waals surface area contributed by atoms with Crippen LogP contribution in [-0.2, 0) is 11.2 Å². The zero-order valence-electron chi connectivity index (χ0n) is 13.3. The van der Waals surface area contributed by atoms with Gasteiger partial charge in [-0.25, -0.2) is 0 Å². The van der Waals surface area contributed by atoms with E-state index in [1.54, 1.807) is 6.08 Å². The molecule has 0 bridgehead atoms. The minimum Gasteiger partial charge on any atom is -0.296 e. The maximum atomic E-state index is 12.2. The molecule has 0 aliphatic carbocycles. The third-order valence-corrected chi connectivity index (χ3v) is 3.88. The lowest BCUT2D eigenvalue weighted by molar-refractivity contribution is -0.112. The molecule has 0 saturated heterocycles. The fraction of sp³-hybridized carbons (Fsp3) is 0.294. The first-order valence-corrected chi connectivity index (χ1v) is 8.11. The molecule has 0 atom stereocenters. The molecule has 0 aliphatic heterocycles. The van der Waals surface area contributed by atoms with Crippen LogP contribution in [0.3, 0.4) is 0 Å². The summed E-state index contributed by atoms with van der Waals surface area (Å²) in [6, 6.07) is 9.53. The summed E-state index contributed by atoms with van der Waals surface area (Å²) in [5.41, 5.74) is 1.96. The summed E-state index contributed by atoms with van der Waals surface area (Å²) in [6.45, 7) is 6.17. The maximum absolute atomic E-state index is 12.2. The number of rotatable bonds is 5. The number of carbonyl (C=O) groups is 1. The standard InChI is InChI=1S/C17H18N4OS/c1-11(2)8-15-20-21-17(23-15)19-16(22)14(10-18)9-13-6-4-12(3)5-7-13/h4-7,9,11H,8H2,1-3H3,(H,19,21,22)/b14-9-. The van der Waals surface area contributed by atoms with E-state index < -0.39 is 5.91 Å². The SMILES string of the molecule is Cc1ccc(/C=C(/C#N)C(=O)Nc2nnc(CC(C)C)s2)cc1. The topological polar surface area (TPSA) is 78.7 Å². The second-order valence-corrected chi connectivity index (χ2v) is 6.70. The predicted molar refractivity (Wildman–Crippen MR) is 91.8 cm³/mol. The molecule has 0 unspecified atom stereocenters. The monoisotopic (exact) mass is 326 g/mol. The molecule has 0 radical (unpaired) electrons. The van der Waals surface area contributed by atoms with E-state index in [2.05, 4.69) is 29.4 Å². The average Bonchev–Trinajstić information content (AvgIpc) is 2.92. The molecule has 23 heavy (non-hydrogen) atoms. The van der Waals surface area contributed by atoms with Crippen molar-refractivity contribution in [1.82, 2.24) is 10.2 Å². The minimum atomic E-state index is -0.472. The van der Waals surface area contributed by atoms with Crippen molar-refractivity contribution < 1.29 is 4.79 Å². The van der Waals surface area contributed by atoms with Crippen LogP contribution in [0.1, 0.15) is 30.0 Å². The highest BCUT2D eigenvalue weighted by molar-refractivity contribution is 7.15. The number of nitrogens with one attached hydrogen (secondary N) is 1. The van der Waals surface area contributed by atoms with Crippen molar-refractivity contribution in [2.45, 2.75) is 27.2 Å². The Morgan fingerprint density at radius 1 is 1.35 bits per heavy atom. The van der Waals surface area contributed by atoms with Gasteiger partial charge in [-0.3, -0.25) is 10.1 Å². The van der Waals surface area contributed by atoms with E-state index in [0.29, 0.717) is 11.0 Å². The Bertz CT molecular complexity index is 754. The van der Waals surface area contributed by atoms with Gasteiger partial charge in [0.25, 0.3) is 5.91 Å². The smallest absolute Gasteiger partial charge is 0.268 e. The van der Waals surface area contributed by atoms with Crippen LogP contribution in [-0.4, -0.2) is 16.1 Å². The van der Waals surface area contributed by atoms with Crippen LogP contribution in [0, 0.1) is 24.2 Å². The lowest BCUT2D eigenvalue weighted by atomic mass is 10.1. The first-order chi connectivity index (χ1) is 11.0. The molecule has 0 saturated carbocycles. The van der Waals surface area contributed by atoms with Gasteiger partial charge in [0, 0.05) is 6.42 Å². The molecule has 2 rings (SSSR count). The van der Waals surface area contributed by atoms with E-state index in [-0.39, 0.29) is 5.57 Å². The highest BCUT2D eigenvalue weighted by Crippen LogP contribution is 2.19. The van der Waals surface area contributed by atoms with Crippen LogP contribution < -0.4 is 5.32 Å². The van der Waals surface area contributed by atoms with Crippen LogP contribution in [0.2, 0.25) is 0 Å². The molecule has 0 fully saturated rings. The Morgan fingerprint density at radius 3 is 2.65 bits per heavy atom. The Hall–Kier alpha value is -2.52. The summed E-state index contributed by atoms with van der Waals surface area (Å²) in [4.78, 5) is 12.2. The van der Waals surface area contributed by atoms with Crippen molar-refractivity contribution in [3.05, 3.63) is 46.0 Å². The third-order valence-electron chi connectivity index (χ3n) is 3.02. The number of carbonyl (C=O) groups excluding carboxylic acids is 1. The highest BCUT2D eigenvalue weighted by atomic mass is 32.1. The maximum Gasteiger partial charge on any atom is 0.268 e. The molecule has 0 aliphatic rings. The number of benzene rings is 1. The van der Waals surface area contributed by atoms with E-state index in [1.165, 1.54) is 11.3 Å². The van der Waals surface area contributed by atoms with Crippen LogP contribution in [0.25, 0.3) is 6.08 Å². The molecule has 6 heteroatoms. The molecule has 2 aromatic rings. The fourth-order valence-corrected chi connectivity index (χ4v) is 2.83. The molecule has 1 aromatic heterocycles. The molecule has 1 amide bonds. The second kappa shape index (κ2) is 7.65. The van der Waals surface area contributed by atoms with Crippen LogP contribution >= 0.6 is 11.3 Å². The Kier molecular flexibility index (Phi) is 5.61. The van der Waals surface area contributed by atoms with Crippen molar-refractivity contribution in [3.63, 3.8) is 0 Å². The molecular weight excluding hydrogens is 308 g/mol. The average molecular weight is 326 g/mol. The normalized spacial score (nSPS) is 11.3. The number of hydrogen-bond donors (Lipinski definition) is 1. The van der Waals surface area contributed by atoms with Gasteiger partial charge in [-0.1, -0.05) is 55.0 Å². The summed E-state index contributed by atoms with van der Waals surface area (Å²) in [6.07, 6.45) is 2.38. The van der Waals surface area contributed by atoms with Gasteiger partial charge in [0.15, 0.2) is 0 Å². The van der Waals surface area contributed by atoms with Crippen molar-refractivity contribution in [2.24, 2.45) is 5.92 Å². The number of aryl methyl sites for hydroxylation is 1. The summed E-state index contributed by atoms with van der Waals surface area (Å²) in [5.74, 6) is 0.00271. The summed E-state index contributed by atoms with van der Waals surface area (Å²) in [7, 11) is 0. The van der Waals surface area contributed by atoms with E-state index in [1.807, 2.05) is 37.3 Å². The minimum absolute atomic E-state index is 0.0365. The van der Waals surface area contributed by atoms with Gasteiger partial charge in [-0.2, -0.15) is 5.26 Å². The molecule has 5 nitrogen and oxygen atoms in total. The number of hydrogen-bond acceptors (Lipinski definition) is 5. The zero-order valence-corrected chi connectivity index (χ0v) is 14.1. The molecular formula is C17H18N4OS. The number of nitrogens with zero attached hydrogens (tertiary/aromatic N) is 3.